The summed E-state index contributed by atoms with van der Waals surface area (Å²) in [7, 11) is 0. The summed E-state index contributed by atoms with van der Waals surface area (Å²) in [6.07, 6.45) is 9.70. The van der Waals surface area contributed by atoms with E-state index in [-0.39, 0.29) is 17.0 Å². The van der Waals surface area contributed by atoms with Crippen LogP contribution in [0.4, 0.5) is 0 Å². The summed E-state index contributed by atoms with van der Waals surface area (Å²) in [5.74, 6) is 0. The average molecular weight is 260 g/mol. The highest BCUT2D eigenvalue weighted by Gasteiger charge is 2.25. The highest BCUT2D eigenvalue weighted by atomic mass is 79.9. The minimum Gasteiger partial charge on any atom is -1.00 e. The van der Waals surface area contributed by atoms with Crippen LogP contribution in [0.2, 0.25) is 0 Å². The number of nitrogens with zero attached hydrogens (tertiary/aromatic N) is 1. The first-order valence-corrected chi connectivity index (χ1v) is 5.40. The Kier molecular flexibility index (Phi) is 7.20. The molecule has 1 heterocycles. The van der Waals surface area contributed by atoms with Gasteiger partial charge in [0.15, 0.2) is 0 Å². The molecule has 0 atom stereocenters. The third kappa shape index (κ3) is 3.97. The van der Waals surface area contributed by atoms with E-state index >= 15 is 0 Å². The summed E-state index contributed by atoms with van der Waals surface area (Å²) in [4.78, 5) is 0. The van der Waals surface area contributed by atoms with E-state index in [4.69, 9.17) is 0 Å². The van der Waals surface area contributed by atoms with Gasteiger partial charge in [-0.3, -0.25) is 0 Å². The molecule has 0 bridgehead atoms. The minimum atomic E-state index is 0. The van der Waals surface area contributed by atoms with Gasteiger partial charge in [0.05, 0.1) is 26.2 Å². The molecule has 0 aromatic heterocycles. The predicted molar refractivity (Wildman–Crippen MR) is 58.6 cm³/mol. The van der Waals surface area contributed by atoms with Crippen molar-refractivity contribution < 1.29 is 21.5 Å². The highest BCUT2D eigenvalue weighted by Crippen LogP contribution is 2.18. The Balaban J connectivity index is 0.00000169. The van der Waals surface area contributed by atoms with E-state index in [1.807, 2.05) is 0 Å². The predicted octanol–water partition coefficient (Wildman–Crippen LogP) is -0.247. The zero-order chi connectivity index (χ0) is 9.57. The Bertz CT molecular complexity index is 157. The van der Waals surface area contributed by atoms with E-state index in [9.17, 15) is 0 Å². The number of rotatable bonds is 4. The standard InChI is InChI=1S/C12H22N.BrH/c1-3-9-13(10-4-2)11-7-5-6-8-12-13;/h3-4H,1-2,5-12H2;1H/q+1;/p-1. The van der Waals surface area contributed by atoms with Gasteiger partial charge in [-0.05, 0) is 37.8 Å². The van der Waals surface area contributed by atoms with E-state index < -0.39 is 0 Å². The molecule has 1 aliphatic heterocycles. The van der Waals surface area contributed by atoms with Crippen molar-refractivity contribution in [1.82, 2.24) is 0 Å². The monoisotopic (exact) mass is 259 g/mol. The molecule has 0 aromatic rings. The third-order valence-electron chi connectivity index (χ3n) is 3.05. The summed E-state index contributed by atoms with van der Waals surface area (Å²) in [5.41, 5.74) is 0. The number of likely N-dealkylation sites (tertiary alicyclic amines) is 1. The van der Waals surface area contributed by atoms with Crippen LogP contribution < -0.4 is 17.0 Å². The molecular formula is C12H22BrN. The second-order valence-electron chi connectivity index (χ2n) is 4.15. The second-order valence-corrected chi connectivity index (χ2v) is 4.15. The summed E-state index contributed by atoms with van der Waals surface area (Å²) >= 11 is 0. The molecule has 0 amide bonds. The summed E-state index contributed by atoms with van der Waals surface area (Å²) in [6, 6.07) is 0. The van der Waals surface area contributed by atoms with E-state index in [1.165, 1.54) is 43.3 Å². The Morgan fingerprint density at radius 2 is 1.29 bits per heavy atom. The molecule has 1 aliphatic rings. The van der Waals surface area contributed by atoms with Gasteiger partial charge in [0, 0.05) is 0 Å². The van der Waals surface area contributed by atoms with Crippen LogP contribution in [0.1, 0.15) is 25.7 Å². The van der Waals surface area contributed by atoms with E-state index in [0.29, 0.717) is 0 Å². The van der Waals surface area contributed by atoms with Gasteiger partial charge < -0.3 is 21.5 Å². The van der Waals surface area contributed by atoms with Crippen LogP contribution in [0.5, 0.6) is 0 Å². The Labute approximate surface area is 98.9 Å². The fourth-order valence-corrected chi connectivity index (χ4v) is 2.35. The molecule has 14 heavy (non-hydrogen) atoms. The maximum atomic E-state index is 3.86. The number of halogens is 1. The molecule has 0 N–H and O–H groups in total. The summed E-state index contributed by atoms with van der Waals surface area (Å²) < 4.78 is 1.20. The van der Waals surface area contributed by atoms with Crippen LogP contribution in [0.15, 0.2) is 25.3 Å². The van der Waals surface area contributed by atoms with Crippen molar-refractivity contribution in [3.63, 3.8) is 0 Å². The zero-order valence-electron chi connectivity index (χ0n) is 9.05. The van der Waals surface area contributed by atoms with E-state index in [1.54, 1.807) is 0 Å². The van der Waals surface area contributed by atoms with Crippen molar-refractivity contribution in [2.24, 2.45) is 0 Å². The third-order valence-corrected chi connectivity index (χ3v) is 3.05. The van der Waals surface area contributed by atoms with Gasteiger partial charge in [-0.2, -0.15) is 0 Å². The summed E-state index contributed by atoms with van der Waals surface area (Å²) in [6.45, 7) is 12.6. The normalized spacial score (nSPS) is 20.3. The zero-order valence-corrected chi connectivity index (χ0v) is 10.6. The molecule has 0 saturated carbocycles. The van der Waals surface area contributed by atoms with Crippen LogP contribution in [-0.2, 0) is 0 Å². The average Bonchev–Trinajstić information content (AvgIpc) is 2.32. The molecule has 0 unspecified atom stereocenters. The molecule has 1 nitrogen and oxygen atoms in total. The topological polar surface area (TPSA) is 0 Å². The minimum absolute atomic E-state index is 0. The van der Waals surface area contributed by atoms with Crippen LogP contribution in [-0.4, -0.2) is 30.7 Å². The SMILES string of the molecule is C=CC[N+]1(CC=C)CCCCCC1.[Br-]. The number of hydrogen-bond acceptors (Lipinski definition) is 0. The second kappa shape index (κ2) is 7.24. The fourth-order valence-electron chi connectivity index (χ4n) is 2.35. The molecule has 0 aliphatic carbocycles. The lowest BCUT2D eigenvalue weighted by molar-refractivity contribution is -0.916. The van der Waals surface area contributed by atoms with Crippen molar-refractivity contribution in [2.45, 2.75) is 25.7 Å². The maximum Gasteiger partial charge on any atom is 0.0973 e. The lowest BCUT2D eigenvalue weighted by Gasteiger charge is -2.35. The van der Waals surface area contributed by atoms with Crippen LogP contribution in [0.3, 0.4) is 0 Å². The Morgan fingerprint density at radius 1 is 0.857 bits per heavy atom. The van der Waals surface area contributed by atoms with Crippen LogP contribution >= 0.6 is 0 Å². The van der Waals surface area contributed by atoms with Gasteiger partial charge in [0.25, 0.3) is 0 Å². The van der Waals surface area contributed by atoms with Gasteiger partial charge in [-0.25, -0.2) is 0 Å². The molecule has 82 valence electrons. The van der Waals surface area contributed by atoms with Gasteiger partial charge >= 0.3 is 0 Å². The molecule has 1 rings (SSSR count). The first kappa shape index (κ1) is 13.9. The highest BCUT2D eigenvalue weighted by molar-refractivity contribution is 4.73. The lowest BCUT2D eigenvalue weighted by atomic mass is 10.2. The molecule has 2 heteroatoms. The Hall–Kier alpha value is -0.0800. The van der Waals surface area contributed by atoms with Gasteiger partial charge in [-0.1, -0.05) is 13.2 Å². The van der Waals surface area contributed by atoms with Gasteiger partial charge in [0.2, 0.25) is 0 Å². The lowest BCUT2D eigenvalue weighted by Crippen LogP contribution is -3.00. The molecular weight excluding hydrogens is 238 g/mol. The van der Waals surface area contributed by atoms with Crippen LogP contribution in [0, 0.1) is 0 Å². The largest absolute Gasteiger partial charge is 1.00 e. The molecule has 0 aromatic carbocycles. The van der Waals surface area contributed by atoms with Crippen molar-refractivity contribution in [3.8, 4) is 0 Å². The summed E-state index contributed by atoms with van der Waals surface area (Å²) in [5, 5.41) is 0. The van der Waals surface area contributed by atoms with Crippen molar-refractivity contribution >= 4 is 0 Å². The van der Waals surface area contributed by atoms with Gasteiger partial charge in [0.1, 0.15) is 0 Å². The molecule has 0 spiro atoms. The number of quaternary nitrogens is 1. The van der Waals surface area contributed by atoms with E-state index in [2.05, 4.69) is 25.3 Å². The van der Waals surface area contributed by atoms with Crippen molar-refractivity contribution in [3.05, 3.63) is 25.3 Å². The fraction of sp³-hybridized carbons (Fsp3) is 0.667. The first-order chi connectivity index (χ1) is 6.33. The van der Waals surface area contributed by atoms with E-state index in [0.717, 1.165) is 13.1 Å². The van der Waals surface area contributed by atoms with Crippen molar-refractivity contribution in [1.29, 1.82) is 0 Å². The molecule has 0 radical (unpaired) electrons. The maximum absolute atomic E-state index is 3.86. The first-order valence-electron chi connectivity index (χ1n) is 5.40. The molecule has 1 saturated heterocycles. The molecule has 1 fully saturated rings. The number of hydrogen-bond donors (Lipinski definition) is 0. The van der Waals surface area contributed by atoms with Crippen LogP contribution in [0.25, 0.3) is 0 Å². The Morgan fingerprint density at radius 3 is 1.64 bits per heavy atom. The van der Waals surface area contributed by atoms with Gasteiger partial charge in [-0.15, -0.1) is 0 Å². The smallest absolute Gasteiger partial charge is 0.0973 e. The van der Waals surface area contributed by atoms with Crippen molar-refractivity contribution in [2.75, 3.05) is 26.2 Å². The quantitative estimate of drug-likeness (QED) is 0.483.